The molecule has 0 saturated heterocycles. The van der Waals surface area contributed by atoms with Gasteiger partial charge in [0.2, 0.25) is 5.91 Å². The Kier molecular flexibility index (Phi) is 6.37. The number of hydrogen-bond donors (Lipinski definition) is 2. The second-order valence-electron chi connectivity index (χ2n) is 5.33. The second-order valence-corrected chi connectivity index (χ2v) is 5.33. The third-order valence-electron chi connectivity index (χ3n) is 3.56. The first-order valence-corrected chi connectivity index (χ1v) is 7.89. The number of rotatable bonds is 8. The molecule has 1 unspecified atom stereocenters. The Morgan fingerprint density at radius 2 is 1.75 bits per heavy atom. The van der Waals surface area contributed by atoms with Crippen LogP contribution in [-0.2, 0) is 16.0 Å². The Bertz CT molecular complexity index is 668. The van der Waals surface area contributed by atoms with Crippen molar-refractivity contribution >= 4 is 11.9 Å². The number of carbonyl (C=O) groups excluding carboxylic acids is 1. The largest absolute Gasteiger partial charge is 0.494 e. The van der Waals surface area contributed by atoms with Crippen LogP contribution in [0.2, 0.25) is 0 Å². The van der Waals surface area contributed by atoms with Crippen LogP contribution in [0.1, 0.15) is 30.5 Å². The quantitative estimate of drug-likeness (QED) is 0.781. The fourth-order valence-electron chi connectivity index (χ4n) is 2.34. The number of hydrogen-bond acceptors (Lipinski definition) is 3. The molecule has 5 nitrogen and oxygen atoms in total. The predicted octanol–water partition coefficient (Wildman–Crippen LogP) is 2.96. The van der Waals surface area contributed by atoms with Gasteiger partial charge in [-0.2, -0.15) is 0 Å². The number of carboxylic acid groups (broad SMARTS) is 1. The molecule has 0 spiro atoms. The summed E-state index contributed by atoms with van der Waals surface area (Å²) in [5.74, 6) is -0.573. The summed E-state index contributed by atoms with van der Waals surface area (Å²) >= 11 is 0. The summed E-state index contributed by atoms with van der Waals surface area (Å²) < 4.78 is 5.37. The zero-order chi connectivity index (χ0) is 17.4. The fraction of sp³-hybridized carbons (Fsp3) is 0.263. The van der Waals surface area contributed by atoms with E-state index in [0.29, 0.717) is 18.6 Å². The minimum atomic E-state index is -1.07. The van der Waals surface area contributed by atoms with Gasteiger partial charge in [0.25, 0.3) is 0 Å². The predicted molar refractivity (Wildman–Crippen MR) is 90.9 cm³/mol. The van der Waals surface area contributed by atoms with Gasteiger partial charge in [-0.15, -0.1) is 0 Å². The highest BCUT2D eigenvalue weighted by atomic mass is 16.5. The molecule has 1 atom stereocenters. The third-order valence-corrected chi connectivity index (χ3v) is 3.56. The number of amides is 1. The maximum absolute atomic E-state index is 12.1. The molecule has 0 heterocycles. The van der Waals surface area contributed by atoms with Crippen LogP contribution in [0, 0.1) is 0 Å². The van der Waals surface area contributed by atoms with Crippen molar-refractivity contribution in [2.75, 3.05) is 6.61 Å². The van der Waals surface area contributed by atoms with E-state index in [1.807, 2.05) is 31.2 Å². The van der Waals surface area contributed by atoms with Crippen molar-refractivity contribution in [3.63, 3.8) is 0 Å². The maximum atomic E-state index is 12.1. The number of benzene rings is 2. The van der Waals surface area contributed by atoms with E-state index in [1.165, 1.54) is 0 Å². The topological polar surface area (TPSA) is 75.6 Å². The lowest BCUT2D eigenvalue weighted by Gasteiger charge is -2.15. The SMILES string of the molecule is CCOc1ccc(CCC(=O)NC(C(=O)O)c2ccccc2)cc1. The summed E-state index contributed by atoms with van der Waals surface area (Å²) in [7, 11) is 0. The van der Waals surface area contributed by atoms with E-state index in [0.717, 1.165) is 11.3 Å². The lowest BCUT2D eigenvalue weighted by atomic mass is 10.1. The average molecular weight is 327 g/mol. The number of ether oxygens (including phenoxy) is 1. The summed E-state index contributed by atoms with van der Waals surface area (Å²) in [6.45, 7) is 2.53. The van der Waals surface area contributed by atoms with E-state index < -0.39 is 12.0 Å². The minimum Gasteiger partial charge on any atom is -0.494 e. The molecule has 0 fully saturated rings. The molecule has 2 rings (SSSR count). The number of nitrogens with one attached hydrogen (secondary N) is 1. The Balaban J connectivity index is 1.90. The van der Waals surface area contributed by atoms with E-state index in [1.54, 1.807) is 30.3 Å². The van der Waals surface area contributed by atoms with Crippen molar-refractivity contribution in [1.29, 1.82) is 0 Å². The Labute approximate surface area is 141 Å². The van der Waals surface area contributed by atoms with Crippen LogP contribution in [0.3, 0.4) is 0 Å². The molecule has 0 aromatic heterocycles. The number of aryl methyl sites for hydroxylation is 1. The first-order chi connectivity index (χ1) is 11.6. The fourth-order valence-corrected chi connectivity index (χ4v) is 2.34. The number of aliphatic carboxylic acids is 1. The first-order valence-electron chi connectivity index (χ1n) is 7.89. The van der Waals surface area contributed by atoms with E-state index in [-0.39, 0.29) is 12.3 Å². The highest BCUT2D eigenvalue weighted by Gasteiger charge is 2.21. The monoisotopic (exact) mass is 327 g/mol. The van der Waals surface area contributed by atoms with Gasteiger partial charge < -0.3 is 15.2 Å². The molecule has 0 radical (unpaired) electrons. The molecule has 5 heteroatoms. The molecule has 2 aromatic carbocycles. The van der Waals surface area contributed by atoms with Gasteiger partial charge in [-0.05, 0) is 36.6 Å². The second kappa shape index (κ2) is 8.72. The summed E-state index contributed by atoms with van der Waals surface area (Å²) in [5.41, 5.74) is 1.56. The van der Waals surface area contributed by atoms with Crippen LogP contribution >= 0.6 is 0 Å². The van der Waals surface area contributed by atoms with E-state index in [2.05, 4.69) is 5.32 Å². The normalized spacial score (nSPS) is 11.5. The van der Waals surface area contributed by atoms with E-state index in [4.69, 9.17) is 4.74 Å². The van der Waals surface area contributed by atoms with Gasteiger partial charge in [0.1, 0.15) is 5.75 Å². The van der Waals surface area contributed by atoms with Crippen molar-refractivity contribution in [3.8, 4) is 5.75 Å². The van der Waals surface area contributed by atoms with Gasteiger partial charge in [0.05, 0.1) is 6.61 Å². The summed E-state index contributed by atoms with van der Waals surface area (Å²) in [6, 6.07) is 15.2. The van der Waals surface area contributed by atoms with Gasteiger partial charge in [-0.25, -0.2) is 4.79 Å². The van der Waals surface area contributed by atoms with Gasteiger partial charge in [-0.3, -0.25) is 4.79 Å². The molecule has 0 bridgehead atoms. The molecule has 0 aliphatic heterocycles. The van der Waals surface area contributed by atoms with Crippen molar-refractivity contribution < 1.29 is 19.4 Å². The van der Waals surface area contributed by atoms with Crippen LogP contribution in [-0.4, -0.2) is 23.6 Å². The Morgan fingerprint density at radius 3 is 2.33 bits per heavy atom. The molecule has 0 saturated carbocycles. The van der Waals surface area contributed by atoms with Crippen LogP contribution in [0.15, 0.2) is 54.6 Å². The van der Waals surface area contributed by atoms with Crippen LogP contribution in [0.5, 0.6) is 5.75 Å². The molecular weight excluding hydrogens is 306 g/mol. The standard InChI is InChI=1S/C19H21NO4/c1-2-24-16-11-8-14(9-12-16)10-13-17(21)20-18(19(22)23)15-6-4-3-5-7-15/h3-9,11-12,18H,2,10,13H2,1H3,(H,20,21)(H,22,23). The minimum absolute atomic E-state index is 0.227. The molecule has 126 valence electrons. The highest BCUT2D eigenvalue weighted by Crippen LogP contribution is 2.15. The molecular formula is C19H21NO4. The van der Waals surface area contributed by atoms with Crippen molar-refractivity contribution in [1.82, 2.24) is 5.32 Å². The summed E-state index contributed by atoms with van der Waals surface area (Å²) in [6.07, 6.45) is 0.768. The molecule has 2 N–H and O–H groups in total. The van der Waals surface area contributed by atoms with Crippen LogP contribution in [0.4, 0.5) is 0 Å². The Hall–Kier alpha value is -2.82. The average Bonchev–Trinajstić information content (AvgIpc) is 2.60. The van der Waals surface area contributed by atoms with Crippen molar-refractivity contribution in [2.45, 2.75) is 25.8 Å². The molecule has 24 heavy (non-hydrogen) atoms. The summed E-state index contributed by atoms with van der Waals surface area (Å²) in [4.78, 5) is 23.5. The molecule has 2 aromatic rings. The lowest BCUT2D eigenvalue weighted by molar-refractivity contribution is -0.142. The third kappa shape index (κ3) is 5.12. The first kappa shape index (κ1) is 17.5. The molecule has 1 amide bonds. The molecule has 0 aliphatic rings. The Morgan fingerprint density at radius 1 is 1.08 bits per heavy atom. The highest BCUT2D eigenvalue weighted by molar-refractivity contribution is 5.84. The van der Waals surface area contributed by atoms with Gasteiger partial charge in [0, 0.05) is 6.42 Å². The van der Waals surface area contributed by atoms with Crippen LogP contribution in [0.25, 0.3) is 0 Å². The zero-order valence-electron chi connectivity index (χ0n) is 13.6. The van der Waals surface area contributed by atoms with Crippen molar-refractivity contribution in [3.05, 3.63) is 65.7 Å². The number of carboxylic acids is 1. The zero-order valence-corrected chi connectivity index (χ0v) is 13.6. The van der Waals surface area contributed by atoms with Gasteiger partial charge in [0.15, 0.2) is 6.04 Å². The lowest BCUT2D eigenvalue weighted by Crippen LogP contribution is -2.33. The van der Waals surface area contributed by atoms with Crippen LogP contribution < -0.4 is 10.1 Å². The molecule has 0 aliphatic carbocycles. The maximum Gasteiger partial charge on any atom is 0.330 e. The number of carbonyl (C=O) groups is 2. The van der Waals surface area contributed by atoms with Crippen molar-refractivity contribution in [2.24, 2.45) is 0 Å². The van der Waals surface area contributed by atoms with Gasteiger partial charge in [-0.1, -0.05) is 42.5 Å². The summed E-state index contributed by atoms with van der Waals surface area (Å²) in [5, 5.41) is 11.9. The van der Waals surface area contributed by atoms with E-state index >= 15 is 0 Å². The smallest absolute Gasteiger partial charge is 0.330 e. The van der Waals surface area contributed by atoms with E-state index in [9.17, 15) is 14.7 Å². The van der Waals surface area contributed by atoms with Gasteiger partial charge >= 0.3 is 5.97 Å².